The number of nitrogens with zero attached hydrogens (tertiary/aromatic N) is 2. The Morgan fingerprint density at radius 2 is 1.88 bits per heavy atom. The average molecular weight is 269 g/mol. The molecule has 0 bridgehead atoms. The van der Waals surface area contributed by atoms with Crippen LogP contribution in [-0.4, -0.2) is 9.97 Å². The van der Waals surface area contributed by atoms with E-state index in [1.165, 1.54) is 0 Å². The summed E-state index contributed by atoms with van der Waals surface area (Å²) in [5.74, 6) is 1.64. The Bertz CT molecular complexity index is 537. The van der Waals surface area contributed by atoms with Crippen molar-refractivity contribution in [2.24, 2.45) is 0 Å². The number of hydrogen-bond acceptors (Lipinski definition) is 4. The Hall–Kier alpha value is -1.52. The molecule has 6 heteroatoms. The largest absolute Gasteiger partial charge is 0.384 e. The zero-order valence-electron chi connectivity index (χ0n) is 9.04. The van der Waals surface area contributed by atoms with Crippen LogP contribution < -0.4 is 11.1 Å². The van der Waals surface area contributed by atoms with E-state index in [1.54, 1.807) is 25.1 Å². The highest BCUT2D eigenvalue weighted by Gasteiger charge is 2.02. The van der Waals surface area contributed by atoms with Gasteiger partial charge in [0.1, 0.15) is 17.5 Å². The second-order valence-corrected chi connectivity index (χ2v) is 4.29. The van der Waals surface area contributed by atoms with Crippen molar-refractivity contribution in [2.75, 3.05) is 11.1 Å². The fourth-order valence-electron chi connectivity index (χ4n) is 1.38. The second kappa shape index (κ2) is 4.77. The van der Waals surface area contributed by atoms with Crippen molar-refractivity contribution in [1.82, 2.24) is 9.97 Å². The highest BCUT2D eigenvalue weighted by Crippen LogP contribution is 2.26. The molecule has 1 aromatic carbocycles. The maximum Gasteiger partial charge on any atom is 0.136 e. The summed E-state index contributed by atoms with van der Waals surface area (Å²) in [7, 11) is 0. The van der Waals surface area contributed by atoms with Crippen LogP contribution >= 0.6 is 23.2 Å². The maximum atomic E-state index is 5.91. The van der Waals surface area contributed by atoms with E-state index in [0.717, 1.165) is 5.69 Å². The number of anilines is 3. The van der Waals surface area contributed by atoms with Gasteiger partial charge >= 0.3 is 0 Å². The van der Waals surface area contributed by atoms with Gasteiger partial charge in [-0.25, -0.2) is 9.97 Å². The standard InChI is InChI=1S/C11H10Cl2N4/c1-6-15-10(14)5-11(16-6)17-7-2-3-8(12)9(13)4-7/h2-5H,1H3,(H3,14,15,16,17). The zero-order valence-corrected chi connectivity index (χ0v) is 10.5. The molecule has 17 heavy (non-hydrogen) atoms. The molecule has 4 nitrogen and oxygen atoms in total. The van der Waals surface area contributed by atoms with E-state index in [2.05, 4.69) is 15.3 Å². The summed E-state index contributed by atoms with van der Waals surface area (Å²) >= 11 is 11.7. The first-order valence-corrected chi connectivity index (χ1v) is 5.63. The van der Waals surface area contributed by atoms with Crippen molar-refractivity contribution in [2.45, 2.75) is 6.92 Å². The SMILES string of the molecule is Cc1nc(N)cc(Nc2ccc(Cl)c(Cl)c2)n1. The predicted octanol–water partition coefficient (Wildman–Crippen LogP) is 3.42. The summed E-state index contributed by atoms with van der Waals surface area (Å²) in [6, 6.07) is 6.89. The minimum Gasteiger partial charge on any atom is -0.384 e. The van der Waals surface area contributed by atoms with Crippen molar-refractivity contribution >= 4 is 40.5 Å². The first-order valence-electron chi connectivity index (χ1n) is 4.88. The van der Waals surface area contributed by atoms with Crippen LogP contribution in [0.25, 0.3) is 0 Å². The van der Waals surface area contributed by atoms with Gasteiger partial charge in [-0.05, 0) is 25.1 Å². The van der Waals surface area contributed by atoms with Gasteiger partial charge in [-0.1, -0.05) is 23.2 Å². The molecule has 3 N–H and O–H groups in total. The van der Waals surface area contributed by atoms with Crippen molar-refractivity contribution < 1.29 is 0 Å². The third kappa shape index (κ3) is 2.99. The third-order valence-corrected chi connectivity index (χ3v) is 2.79. The zero-order chi connectivity index (χ0) is 12.4. The van der Waals surface area contributed by atoms with E-state index in [1.807, 2.05) is 6.07 Å². The van der Waals surface area contributed by atoms with Gasteiger partial charge in [0.2, 0.25) is 0 Å². The topological polar surface area (TPSA) is 63.8 Å². The molecule has 0 aliphatic rings. The number of aromatic nitrogens is 2. The molecule has 0 aliphatic carbocycles. The van der Waals surface area contributed by atoms with Gasteiger partial charge in [0.25, 0.3) is 0 Å². The Morgan fingerprint density at radius 1 is 1.12 bits per heavy atom. The van der Waals surface area contributed by atoms with Crippen LogP contribution in [0.15, 0.2) is 24.3 Å². The smallest absolute Gasteiger partial charge is 0.136 e. The van der Waals surface area contributed by atoms with Crippen LogP contribution in [0.2, 0.25) is 10.0 Å². The van der Waals surface area contributed by atoms with Crippen LogP contribution in [0.1, 0.15) is 5.82 Å². The molecule has 0 radical (unpaired) electrons. The maximum absolute atomic E-state index is 5.91. The van der Waals surface area contributed by atoms with Crippen LogP contribution in [-0.2, 0) is 0 Å². The Labute approximate surface area is 109 Å². The quantitative estimate of drug-likeness (QED) is 0.876. The molecular weight excluding hydrogens is 259 g/mol. The Kier molecular flexibility index (Phi) is 3.36. The lowest BCUT2D eigenvalue weighted by Crippen LogP contribution is -2.00. The summed E-state index contributed by atoms with van der Waals surface area (Å²) in [6.45, 7) is 1.77. The molecule has 2 aromatic rings. The van der Waals surface area contributed by atoms with Gasteiger partial charge in [0.05, 0.1) is 10.0 Å². The number of rotatable bonds is 2. The van der Waals surface area contributed by atoms with Crippen LogP contribution in [0.3, 0.4) is 0 Å². The third-order valence-electron chi connectivity index (χ3n) is 2.05. The highest BCUT2D eigenvalue weighted by molar-refractivity contribution is 6.42. The number of nitrogens with two attached hydrogens (primary N) is 1. The fourth-order valence-corrected chi connectivity index (χ4v) is 1.67. The first-order chi connectivity index (χ1) is 8.04. The number of nitrogens with one attached hydrogen (secondary N) is 1. The minimum atomic E-state index is 0.417. The van der Waals surface area contributed by atoms with E-state index < -0.39 is 0 Å². The van der Waals surface area contributed by atoms with E-state index in [-0.39, 0.29) is 0 Å². The molecule has 2 rings (SSSR count). The van der Waals surface area contributed by atoms with Crippen molar-refractivity contribution in [3.05, 3.63) is 40.1 Å². The van der Waals surface area contributed by atoms with Gasteiger partial charge in [-0.15, -0.1) is 0 Å². The lowest BCUT2D eigenvalue weighted by Gasteiger charge is -2.07. The molecule has 0 aliphatic heterocycles. The molecule has 88 valence electrons. The minimum absolute atomic E-state index is 0.417. The first kappa shape index (κ1) is 12.0. The van der Waals surface area contributed by atoms with Crippen LogP contribution in [0, 0.1) is 6.92 Å². The Balaban J connectivity index is 2.28. The molecule has 0 unspecified atom stereocenters. The van der Waals surface area contributed by atoms with E-state index in [4.69, 9.17) is 28.9 Å². The molecule has 0 saturated carbocycles. The molecule has 0 amide bonds. The number of aryl methyl sites for hydroxylation is 1. The Morgan fingerprint density at radius 3 is 2.53 bits per heavy atom. The summed E-state index contributed by atoms with van der Waals surface area (Å²) in [5.41, 5.74) is 6.42. The van der Waals surface area contributed by atoms with E-state index in [0.29, 0.717) is 27.5 Å². The average Bonchev–Trinajstić information content (AvgIpc) is 2.22. The molecule has 1 aromatic heterocycles. The molecule has 0 saturated heterocycles. The number of nitrogen functional groups attached to an aromatic ring is 1. The predicted molar refractivity (Wildman–Crippen MR) is 70.9 cm³/mol. The second-order valence-electron chi connectivity index (χ2n) is 3.48. The van der Waals surface area contributed by atoms with Gasteiger partial charge in [-0.3, -0.25) is 0 Å². The van der Waals surface area contributed by atoms with Crippen molar-refractivity contribution in [1.29, 1.82) is 0 Å². The lowest BCUT2D eigenvalue weighted by molar-refractivity contribution is 1.06. The van der Waals surface area contributed by atoms with Crippen molar-refractivity contribution in [3.63, 3.8) is 0 Å². The van der Waals surface area contributed by atoms with Gasteiger partial charge in [-0.2, -0.15) is 0 Å². The fraction of sp³-hybridized carbons (Fsp3) is 0.0909. The summed E-state index contributed by atoms with van der Waals surface area (Å²) in [4.78, 5) is 8.19. The highest BCUT2D eigenvalue weighted by atomic mass is 35.5. The van der Waals surface area contributed by atoms with Crippen molar-refractivity contribution in [3.8, 4) is 0 Å². The molecule has 1 heterocycles. The number of benzene rings is 1. The number of halogens is 2. The molecular formula is C11H10Cl2N4. The monoisotopic (exact) mass is 268 g/mol. The molecule has 0 atom stereocenters. The normalized spacial score (nSPS) is 10.3. The summed E-state index contributed by atoms with van der Waals surface area (Å²) in [5, 5.41) is 4.07. The molecule has 0 fully saturated rings. The van der Waals surface area contributed by atoms with Gasteiger partial charge < -0.3 is 11.1 Å². The van der Waals surface area contributed by atoms with Gasteiger partial charge in [0.15, 0.2) is 0 Å². The lowest BCUT2D eigenvalue weighted by atomic mass is 10.3. The van der Waals surface area contributed by atoms with Crippen LogP contribution in [0.4, 0.5) is 17.3 Å². The summed E-state index contributed by atoms with van der Waals surface area (Å²) in [6.07, 6.45) is 0. The molecule has 0 spiro atoms. The van der Waals surface area contributed by atoms with E-state index >= 15 is 0 Å². The van der Waals surface area contributed by atoms with Gasteiger partial charge in [0, 0.05) is 11.8 Å². The van der Waals surface area contributed by atoms with Crippen LogP contribution in [0.5, 0.6) is 0 Å². The number of hydrogen-bond donors (Lipinski definition) is 2. The van der Waals surface area contributed by atoms with E-state index in [9.17, 15) is 0 Å². The summed E-state index contributed by atoms with van der Waals surface area (Å²) < 4.78 is 0.